The number of benzene rings is 7. The van der Waals surface area contributed by atoms with E-state index in [-0.39, 0.29) is 66.9 Å². The number of aromatic nitrogens is 3. The number of pyridine rings is 1. The summed E-state index contributed by atoms with van der Waals surface area (Å²) in [5.41, 5.74) is 11.0. The van der Waals surface area contributed by atoms with Crippen LogP contribution in [-0.2, 0) is 31.9 Å². The van der Waals surface area contributed by atoms with Crippen LogP contribution in [0.2, 0.25) is 0 Å². The fourth-order valence-electron chi connectivity index (χ4n) is 8.68. The van der Waals surface area contributed by atoms with Crippen LogP contribution in [0.15, 0.2) is 164 Å². The summed E-state index contributed by atoms with van der Waals surface area (Å²) in [6.07, 6.45) is -0.523. The van der Waals surface area contributed by atoms with Crippen LogP contribution < -0.4 is 0 Å². The van der Waals surface area contributed by atoms with Gasteiger partial charge in [-0.25, -0.2) is 4.98 Å². The zero-order chi connectivity index (χ0) is 53.5. The molecule has 0 amide bonds. The molecule has 9 rings (SSSR count). The summed E-state index contributed by atoms with van der Waals surface area (Å²) in [4.78, 5) is 10.1. The van der Waals surface area contributed by atoms with E-state index in [1.54, 1.807) is 0 Å². The Morgan fingerprint density at radius 2 is 1.27 bits per heavy atom. The van der Waals surface area contributed by atoms with Crippen molar-refractivity contribution in [1.82, 2.24) is 14.5 Å². The molecular weight excluding hydrogens is 998 g/mol. The number of para-hydroxylation sites is 1. The second-order valence-electron chi connectivity index (χ2n) is 19.8. The van der Waals surface area contributed by atoms with Gasteiger partial charge in [-0.2, -0.15) is 0 Å². The third-order valence-electron chi connectivity index (χ3n) is 12.4. The molecule has 67 heavy (non-hydrogen) atoms. The Kier molecular flexibility index (Phi) is 10.5. The van der Waals surface area contributed by atoms with Crippen LogP contribution in [0.1, 0.15) is 114 Å². The summed E-state index contributed by atoms with van der Waals surface area (Å²) < 4.78 is 72.1. The third kappa shape index (κ3) is 9.34. The molecule has 0 aliphatic rings. The van der Waals surface area contributed by atoms with Gasteiger partial charge in [-0.15, -0.1) is 29.3 Å². The molecule has 0 bridgehead atoms. The van der Waals surface area contributed by atoms with Gasteiger partial charge in [0.05, 0.1) is 33.3 Å². The smallest absolute Gasteiger partial charge is 0.148 e. The first-order valence-corrected chi connectivity index (χ1v) is 22.7. The SMILES string of the molecule is [2H]c1nc(-c2[c-]c(-c3cccc4c3nc(-c3cc(C(C)C)cc(C(C)C)c3O)n4-c3cc(-c4ccccc4)c(C(C)(C)C)cc3-c3ccccc3)cc(C(C)(C)C)c2)c([2H])c(-c2c([2H])c([2H])c([2H])c([2H])c2[2H])c1[2H].[Pt]. The van der Waals surface area contributed by atoms with Crippen molar-refractivity contribution in [3.8, 4) is 78.6 Å². The predicted molar refractivity (Wildman–Crippen MR) is 278 cm³/mol. The number of rotatable bonds is 9. The van der Waals surface area contributed by atoms with Gasteiger partial charge in [-0.05, 0) is 97.5 Å². The molecule has 0 saturated heterocycles. The molecule has 0 saturated carbocycles. The van der Waals surface area contributed by atoms with E-state index in [9.17, 15) is 6.48 Å². The number of nitrogens with zero attached hydrogens (tertiary/aromatic N) is 3. The average molecular weight is 1070 g/mol. The van der Waals surface area contributed by atoms with Gasteiger partial charge in [0.15, 0.2) is 0 Å². The number of imidazole rings is 1. The third-order valence-corrected chi connectivity index (χ3v) is 12.4. The van der Waals surface area contributed by atoms with Crippen LogP contribution in [0.5, 0.6) is 5.75 Å². The molecule has 1 N–H and O–H groups in total. The van der Waals surface area contributed by atoms with Crippen LogP contribution in [0, 0.1) is 6.07 Å². The molecule has 0 radical (unpaired) electrons. The van der Waals surface area contributed by atoms with E-state index < -0.39 is 47.8 Å². The maximum absolute atomic E-state index is 12.5. The van der Waals surface area contributed by atoms with Crippen LogP contribution in [-0.4, -0.2) is 19.6 Å². The van der Waals surface area contributed by atoms with Gasteiger partial charge in [0.25, 0.3) is 0 Å². The molecule has 5 heteroatoms. The quantitative estimate of drug-likeness (QED) is 0.147. The maximum Gasteiger partial charge on any atom is 0.148 e. The number of phenolic OH excluding ortho intramolecular Hbond substituents is 1. The summed E-state index contributed by atoms with van der Waals surface area (Å²) in [7, 11) is 0. The fraction of sp³-hybridized carbons (Fsp3) is 0.226. The zero-order valence-electron chi connectivity index (χ0n) is 47.7. The second-order valence-corrected chi connectivity index (χ2v) is 19.8. The maximum atomic E-state index is 12.5. The fourth-order valence-corrected chi connectivity index (χ4v) is 8.68. The second kappa shape index (κ2) is 18.7. The van der Waals surface area contributed by atoms with E-state index in [0.29, 0.717) is 33.6 Å². The van der Waals surface area contributed by atoms with Gasteiger partial charge < -0.3 is 5.11 Å². The number of fused-ring (bicyclic) bond motifs is 1. The van der Waals surface area contributed by atoms with E-state index in [1.807, 2.05) is 54.6 Å². The molecule has 340 valence electrons. The van der Waals surface area contributed by atoms with Crippen molar-refractivity contribution in [3.05, 3.63) is 192 Å². The minimum atomic E-state index is -0.609. The van der Waals surface area contributed by atoms with Gasteiger partial charge >= 0.3 is 0 Å². The number of aromatic hydroxyl groups is 1. The van der Waals surface area contributed by atoms with E-state index in [1.165, 1.54) is 0 Å². The van der Waals surface area contributed by atoms with Crippen molar-refractivity contribution in [2.75, 3.05) is 0 Å². The molecule has 0 aliphatic carbocycles. The van der Waals surface area contributed by atoms with Crippen molar-refractivity contribution in [1.29, 1.82) is 0 Å². The zero-order valence-corrected chi connectivity index (χ0v) is 42.0. The van der Waals surface area contributed by atoms with Crippen LogP contribution in [0.3, 0.4) is 0 Å². The van der Waals surface area contributed by atoms with Crippen LogP contribution >= 0.6 is 0 Å². The van der Waals surface area contributed by atoms with Crippen molar-refractivity contribution in [3.63, 3.8) is 0 Å². The van der Waals surface area contributed by atoms with E-state index in [0.717, 1.165) is 55.7 Å². The van der Waals surface area contributed by atoms with Crippen LogP contribution in [0.25, 0.3) is 83.9 Å². The van der Waals surface area contributed by atoms with E-state index in [2.05, 4.69) is 146 Å². The molecule has 4 nitrogen and oxygen atoms in total. The Morgan fingerprint density at radius 3 is 1.90 bits per heavy atom. The normalized spacial score (nSPS) is 13.6. The molecule has 7 aromatic carbocycles. The average Bonchev–Trinajstić information content (AvgIpc) is 3.76. The van der Waals surface area contributed by atoms with Gasteiger partial charge in [0.2, 0.25) is 0 Å². The monoisotopic (exact) mass is 1070 g/mol. The summed E-state index contributed by atoms with van der Waals surface area (Å²) >= 11 is 0. The Morgan fingerprint density at radius 1 is 0.612 bits per heavy atom. The largest absolute Gasteiger partial charge is 0.507 e. The van der Waals surface area contributed by atoms with E-state index in [4.69, 9.17) is 14.6 Å². The molecule has 0 fully saturated rings. The Hall–Kier alpha value is -6.35. The Bertz CT molecular complexity index is 3660. The van der Waals surface area contributed by atoms with Crippen molar-refractivity contribution in [2.45, 2.75) is 91.9 Å². The number of phenols is 1. The van der Waals surface area contributed by atoms with Gasteiger partial charge in [0, 0.05) is 38.5 Å². The summed E-state index contributed by atoms with van der Waals surface area (Å²) in [6.45, 7) is 21.3. The van der Waals surface area contributed by atoms with Gasteiger partial charge in [0.1, 0.15) is 11.6 Å². The van der Waals surface area contributed by atoms with E-state index >= 15 is 0 Å². The predicted octanol–water partition coefficient (Wildman–Crippen LogP) is 16.8. The molecule has 2 aromatic heterocycles. The first-order valence-electron chi connectivity index (χ1n) is 26.7. The topological polar surface area (TPSA) is 50.9 Å². The summed E-state index contributed by atoms with van der Waals surface area (Å²) in [6, 6.07) is 39.0. The minimum Gasteiger partial charge on any atom is -0.507 e. The molecule has 0 atom stereocenters. The van der Waals surface area contributed by atoms with Crippen molar-refractivity contribution >= 4 is 11.0 Å². The first kappa shape index (κ1) is 37.7. The number of hydrogen-bond acceptors (Lipinski definition) is 3. The molecule has 0 spiro atoms. The molecule has 2 heterocycles. The molecule has 0 unspecified atom stereocenters. The number of hydrogen-bond donors (Lipinski definition) is 1. The Balaban J connectivity index is 0.00000747. The standard InChI is InChI=1S/C62H60N3O.Pt/c1-39(2)45-34-50(40(3)4)59(66)53(35-45)60-64-58-49(46-31-47(33-48(32-46)61(5,6)7)55-36-44(29-30-63-55)41-21-14-11-15-22-41)27-20-28-56(58)65(60)57-38-51(42-23-16-12-17-24-42)54(62(8,9)10)37-52(57)43-25-18-13-19-26-43;/h11-30,32-40,66H,1-10H3;/q-1;/i11D,14D,15D,21D,22D,29D,30D,36D;. The first-order chi connectivity index (χ1) is 34.9. The summed E-state index contributed by atoms with van der Waals surface area (Å²) in [5.74, 6) is 0.808. The molecular formula is C62H60N3OPt-. The minimum absolute atomic E-state index is 0. The van der Waals surface area contributed by atoms with Gasteiger partial charge in [-0.1, -0.05) is 195 Å². The Labute approximate surface area is 423 Å². The van der Waals surface area contributed by atoms with Crippen molar-refractivity contribution in [2.24, 2.45) is 0 Å². The van der Waals surface area contributed by atoms with Gasteiger partial charge in [-0.3, -0.25) is 9.55 Å². The van der Waals surface area contributed by atoms with Crippen LogP contribution in [0.4, 0.5) is 0 Å². The molecule has 0 aliphatic heterocycles. The molecule has 9 aromatic rings. The van der Waals surface area contributed by atoms with Crippen molar-refractivity contribution < 1.29 is 37.1 Å². The summed E-state index contributed by atoms with van der Waals surface area (Å²) in [5, 5.41) is 12.5.